The van der Waals surface area contributed by atoms with E-state index in [9.17, 15) is 9.59 Å². The van der Waals surface area contributed by atoms with Gasteiger partial charge in [0.05, 0.1) is 0 Å². The topological polar surface area (TPSA) is 70.5 Å². The normalized spacial score (nSPS) is 15.3. The number of imide groups is 1. The largest absolute Gasteiger partial charge is 0.384 e. The molecule has 5 heteroatoms. The number of piperidine rings is 1. The molecule has 1 aliphatic rings. The van der Waals surface area contributed by atoms with Crippen molar-refractivity contribution in [3.05, 3.63) is 23.9 Å². The van der Waals surface area contributed by atoms with E-state index in [4.69, 9.17) is 5.11 Å². The molecular formula is C13H12N2O3. The Kier molecular flexibility index (Phi) is 3.70. The first-order chi connectivity index (χ1) is 8.72. The highest BCUT2D eigenvalue weighted by atomic mass is 16.2. The molecule has 92 valence electrons. The van der Waals surface area contributed by atoms with Gasteiger partial charge in [0.2, 0.25) is 11.8 Å². The van der Waals surface area contributed by atoms with Gasteiger partial charge in [-0.25, -0.2) is 9.88 Å². The molecule has 0 atom stereocenters. The van der Waals surface area contributed by atoms with Crippen molar-refractivity contribution in [2.24, 2.45) is 0 Å². The van der Waals surface area contributed by atoms with E-state index in [-0.39, 0.29) is 18.4 Å². The highest BCUT2D eigenvalue weighted by Crippen LogP contribution is 2.19. The molecule has 2 rings (SSSR count). The predicted octanol–water partition coefficient (Wildman–Crippen LogP) is 0.469. The lowest BCUT2D eigenvalue weighted by molar-refractivity contribution is -0.129. The van der Waals surface area contributed by atoms with Crippen LogP contribution in [0.4, 0.5) is 5.82 Å². The van der Waals surface area contributed by atoms with E-state index < -0.39 is 0 Å². The first-order valence-corrected chi connectivity index (χ1v) is 5.65. The average Bonchev–Trinajstić information content (AvgIpc) is 2.37. The third-order valence-electron chi connectivity index (χ3n) is 2.54. The highest BCUT2D eigenvalue weighted by molar-refractivity contribution is 6.15. The van der Waals surface area contributed by atoms with E-state index in [1.807, 2.05) is 0 Å². The number of anilines is 1. The number of aliphatic hydroxyl groups is 1. The van der Waals surface area contributed by atoms with E-state index in [2.05, 4.69) is 16.8 Å². The molecule has 1 fully saturated rings. The van der Waals surface area contributed by atoms with Crippen LogP contribution in [0.15, 0.2) is 18.2 Å². The first kappa shape index (κ1) is 12.3. The maximum absolute atomic E-state index is 11.7. The fourth-order valence-electron chi connectivity index (χ4n) is 1.76. The molecule has 18 heavy (non-hydrogen) atoms. The summed E-state index contributed by atoms with van der Waals surface area (Å²) in [4.78, 5) is 28.7. The molecular weight excluding hydrogens is 232 g/mol. The van der Waals surface area contributed by atoms with E-state index in [1.165, 1.54) is 0 Å². The van der Waals surface area contributed by atoms with Gasteiger partial charge in [0.1, 0.15) is 18.1 Å². The van der Waals surface area contributed by atoms with E-state index in [0.29, 0.717) is 30.8 Å². The van der Waals surface area contributed by atoms with Gasteiger partial charge in [0, 0.05) is 12.8 Å². The number of rotatable bonds is 1. The zero-order chi connectivity index (χ0) is 13.0. The Morgan fingerprint density at radius 3 is 2.67 bits per heavy atom. The molecule has 0 spiro atoms. The summed E-state index contributed by atoms with van der Waals surface area (Å²) in [6.45, 7) is -0.256. The van der Waals surface area contributed by atoms with Gasteiger partial charge in [0.25, 0.3) is 0 Å². The van der Waals surface area contributed by atoms with Gasteiger partial charge < -0.3 is 5.11 Å². The summed E-state index contributed by atoms with van der Waals surface area (Å²) >= 11 is 0. The fraction of sp³-hybridized carbons (Fsp3) is 0.308. The summed E-state index contributed by atoms with van der Waals surface area (Å²) in [6.07, 6.45) is 1.32. The van der Waals surface area contributed by atoms with Gasteiger partial charge in [-0.2, -0.15) is 0 Å². The molecule has 1 N–H and O–H groups in total. The zero-order valence-electron chi connectivity index (χ0n) is 9.72. The number of aromatic nitrogens is 1. The minimum Gasteiger partial charge on any atom is -0.384 e. The SMILES string of the molecule is O=C1CCCC(=O)N1c1cccc(C#CCO)n1. The quantitative estimate of drug-likeness (QED) is 0.576. The van der Waals surface area contributed by atoms with Crippen LogP contribution in [0, 0.1) is 11.8 Å². The monoisotopic (exact) mass is 244 g/mol. The molecule has 0 saturated carbocycles. The predicted molar refractivity (Wildman–Crippen MR) is 64.5 cm³/mol. The fourth-order valence-corrected chi connectivity index (χ4v) is 1.76. The average molecular weight is 244 g/mol. The molecule has 1 aromatic heterocycles. The Hall–Kier alpha value is -2.19. The van der Waals surface area contributed by atoms with E-state index in [1.54, 1.807) is 18.2 Å². The molecule has 5 nitrogen and oxygen atoms in total. The van der Waals surface area contributed by atoms with Crippen molar-refractivity contribution in [2.75, 3.05) is 11.5 Å². The van der Waals surface area contributed by atoms with Crippen LogP contribution in [0.25, 0.3) is 0 Å². The highest BCUT2D eigenvalue weighted by Gasteiger charge is 2.28. The Balaban J connectivity index is 2.32. The zero-order valence-corrected chi connectivity index (χ0v) is 9.72. The minimum atomic E-state index is -0.256. The Labute approximate surface area is 104 Å². The van der Waals surface area contributed by atoms with Gasteiger partial charge in [-0.3, -0.25) is 9.59 Å². The third kappa shape index (κ3) is 2.55. The number of aliphatic hydroxyl groups excluding tert-OH is 1. The van der Waals surface area contributed by atoms with Gasteiger partial charge in [-0.05, 0) is 24.5 Å². The van der Waals surface area contributed by atoms with Crippen LogP contribution in [0.2, 0.25) is 0 Å². The molecule has 0 radical (unpaired) electrons. The van der Waals surface area contributed by atoms with Crippen molar-refractivity contribution >= 4 is 17.6 Å². The van der Waals surface area contributed by atoms with E-state index in [0.717, 1.165) is 4.90 Å². The summed E-state index contributed by atoms with van der Waals surface area (Å²) in [5, 5.41) is 8.61. The second-order valence-electron chi connectivity index (χ2n) is 3.82. The number of amides is 2. The number of pyridine rings is 1. The summed E-state index contributed by atoms with van der Waals surface area (Å²) < 4.78 is 0. The number of carbonyl (C=O) groups excluding carboxylic acids is 2. The molecule has 1 aromatic rings. The molecule has 0 unspecified atom stereocenters. The van der Waals surface area contributed by atoms with Crippen molar-refractivity contribution in [2.45, 2.75) is 19.3 Å². The summed E-state index contributed by atoms with van der Waals surface area (Å²) in [5.74, 6) is 4.95. The lowest BCUT2D eigenvalue weighted by atomic mass is 10.1. The third-order valence-corrected chi connectivity index (χ3v) is 2.54. The van der Waals surface area contributed by atoms with Gasteiger partial charge in [-0.15, -0.1) is 0 Å². The van der Waals surface area contributed by atoms with Crippen molar-refractivity contribution in [3.8, 4) is 11.8 Å². The number of hydrogen-bond acceptors (Lipinski definition) is 4. The Bertz CT molecular complexity index is 527. The molecule has 1 saturated heterocycles. The second-order valence-corrected chi connectivity index (χ2v) is 3.82. The number of carbonyl (C=O) groups is 2. The molecule has 2 amide bonds. The van der Waals surface area contributed by atoms with Crippen LogP contribution < -0.4 is 4.90 Å². The first-order valence-electron chi connectivity index (χ1n) is 5.65. The Morgan fingerprint density at radius 1 is 1.28 bits per heavy atom. The lowest BCUT2D eigenvalue weighted by Gasteiger charge is -2.23. The van der Waals surface area contributed by atoms with Gasteiger partial charge in [0.15, 0.2) is 0 Å². The molecule has 0 aromatic carbocycles. The number of nitrogens with zero attached hydrogens (tertiary/aromatic N) is 2. The smallest absolute Gasteiger partial charge is 0.234 e. The van der Waals surface area contributed by atoms with Crippen LogP contribution in [0.3, 0.4) is 0 Å². The van der Waals surface area contributed by atoms with Gasteiger partial charge >= 0.3 is 0 Å². The van der Waals surface area contributed by atoms with E-state index >= 15 is 0 Å². The minimum absolute atomic E-state index is 0.231. The molecule has 2 heterocycles. The van der Waals surface area contributed by atoms with Crippen LogP contribution in [-0.4, -0.2) is 28.5 Å². The Morgan fingerprint density at radius 2 is 2.00 bits per heavy atom. The van der Waals surface area contributed by atoms with Crippen LogP contribution in [0.5, 0.6) is 0 Å². The van der Waals surface area contributed by atoms with Crippen LogP contribution in [-0.2, 0) is 9.59 Å². The molecule has 0 bridgehead atoms. The van der Waals surface area contributed by atoms with Crippen molar-refractivity contribution < 1.29 is 14.7 Å². The maximum Gasteiger partial charge on any atom is 0.234 e. The summed E-state index contributed by atoms with van der Waals surface area (Å²) in [7, 11) is 0. The van der Waals surface area contributed by atoms with Crippen molar-refractivity contribution in [3.63, 3.8) is 0 Å². The van der Waals surface area contributed by atoms with Gasteiger partial charge in [-0.1, -0.05) is 12.0 Å². The van der Waals surface area contributed by atoms with Crippen molar-refractivity contribution in [1.82, 2.24) is 4.98 Å². The standard InChI is InChI=1S/C13H12N2O3/c16-9-3-5-10-4-1-6-11(14-10)15-12(17)7-2-8-13(15)18/h1,4,6,16H,2,7-9H2. The van der Waals surface area contributed by atoms with Crippen LogP contribution in [0.1, 0.15) is 25.0 Å². The number of hydrogen-bond donors (Lipinski definition) is 1. The summed E-state index contributed by atoms with van der Waals surface area (Å²) in [5.41, 5.74) is 0.424. The second kappa shape index (κ2) is 5.43. The molecule has 0 aliphatic carbocycles. The van der Waals surface area contributed by atoms with Crippen LogP contribution >= 0.6 is 0 Å². The summed E-state index contributed by atoms with van der Waals surface area (Å²) in [6, 6.07) is 4.94. The maximum atomic E-state index is 11.7. The lowest BCUT2D eigenvalue weighted by Crippen LogP contribution is -2.40. The molecule has 1 aliphatic heterocycles. The van der Waals surface area contributed by atoms with Crippen molar-refractivity contribution in [1.29, 1.82) is 0 Å².